The van der Waals surface area contributed by atoms with Gasteiger partial charge in [-0.15, -0.1) is 11.3 Å². The van der Waals surface area contributed by atoms with Crippen LogP contribution in [-0.2, 0) is 6.18 Å². The van der Waals surface area contributed by atoms with E-state index in [1.807, 2.05) is 0 Å². The second-order valence-electron chi connectivity index (χ2n) is 4.26. The molecule has 1 heterocycles. The van der Waals surface area contributed by atoms with Crippen LogP contribution in [0.4, 0.5) is 13.2 Å². The van der Waals surface area contributed by atoms with Gasteiger partial charge >= 0.3 is 6.18 Å². The van der Waals surface area contributed by atoms with Crippen LogP contribution >= 0.6 is 27.3 Å². The van der Waals surface area contributed by atoms with Gasteiger partial charge in [0.15, 0.2) is 0 Å². The number of benzene rings is 1. The maximum absolute atomic E-state index is 12.7. The van der Waals surface area contributed by atoms with Crippen molar-refractivity contribution in [2.75, 3.05) is 0 Å². The number of thiazole rings is 1. The van der Waals surface area contributed by atoms with Crippen molar-refractivity contribution in [2.45, 2.75) is 19.1 Å². The van der Waals surface area contributed by atoms with E-state index < -0.39 is 17.6 Å². The Hall–Kier alpha value is -1.41. The third-order valence-electron chi connectivity index (χ3n) is 2.71. The molecular weight excluding hydrogens is 369 g/mol. The smallest absolute Gasteiger partial charge is 0.343 e. The number of hydrogen-bond acceptors (Lipinski definition) is 3. The van der Waals surface area contributed by atoms with Crippen LogP contribution in [0.3, 0.4) is 0 Å². The Balaban J connectivity index is 2.23. The SMILES string of the molecule is CC(NC(=O)c1cc(C(F)(F)F)ccc1Br)c1nccs1. The van der Waals surface area contributed by atoms with Gasteiger partial charge in [0.2, 0.25) is 0 Å². The highest BCUT2D eigenvalue weighted by atomic mass is 79.9. The van der Waals surface area contributed by atoms with Crippen molar-refractivity contribution in [1.29, 1.82) is 0 Å². The predicted molar refractivity (Wildman–Crippen MR) is 77.1 cm³/mol. The van der Waals surface area contributed by atoms with E-state index >= 15 is 0 Å². The third-order valence-corrected chi connectivity index (χ3v) is 4.36. The molecule has 0 saturated carbocycles. The number of nitrogens with zero attached hydrogens (tertiary/aromatic N) is 1. The Kier molecular flexibility index (Phi) is 4.67. The molecule has 0 bridgehead atoms. The van der Waals surface area contributed by atoms with Crippen molar-refractivity contribution in [3.8, 4) is 0 Å². The zero-order chi connectivity index (χ0) is 15.6. The van der Waals surface area contributed by atoms with E-state index in [2.05, 4.69) is 26.2 Å². The lowest BCUT2D eigenvalue weighted by Crippen LogP contribution is -2.27. The van der Waals surface area contributed by atoms with Crippen LogP contribution in [0.25, 0.3) is 0 Å². The molecule has 112 valence electrons. The molecule has 1 unspecified atom stereocenters. The predicted octanol–water partition coefficient (Wildman–Crippen LogP) is 4.42. The van der Waals surface area contributed by atoms with Crippen molar-refractivity contribution in [3.63, 3.8) is 0 Å². The maximum Gasteiger partial charge on any atom is 0.416 e. The van der Waals surface area contributed by atoms with Gasteiger partial charge in [-0.2, -0.15) is 13.2 Å². The van der Waals surface area contributed by atoms with Crippen LogP contribution in [0.2, 0.25) is 0 Å². The Morgan fingerprint density at radius 1 is 1.43 bits per heavy atom. The number of rotatable bonds is 3. The second kappa shape index (κ2) is 6.15. The summed E-state index contributed by atoms with van der Waals surface area (Å²) in [5.41, 5.74) is -0.925. The number of carbonyl (C=O) groups is 1. The van der Waals surface area contributed by atoms with E-state index in [1.54, 1.807) is 18.5 Å². The average Bonchev–Trinajstić information content (AvgIpc) is 2.91. The van der Waals surface area contributed by atoms with E-state index in [0.29, 0.717) is 9.48 Å². The Bertz CT molecular complexity index is 643. The highest BCUT2D eigenvalue weighted by molar-refractivity contribution is 9.10. The molecule has 0 radical (unpaired) electrons. The fraction of sp³-hybridized carbons (Fsp3) is 0.231. The van der Waals surface area contributed by atoms with Crippen LogP contribution < -0.4 is 5.32 Å². The van der Waals surface area contributed by atoms with Gasteiger partial charge < -0.3 is 5.32 Å². The fourth-order valence-electron chi connectivity index (χ4n) is 1.66. The van der Waals surface area contributed by atoms with Crippen LogP contribution in [-0.4, -0.2) is 10.9 Å². The van der Waals surface area contributed by atoms with E-state index in [1.165, 1.54) is 17.4 Å². The van der Waals surface area contributed by atoms with Gasteiger partial charge in [0.05, 0.1) is 17.2 Å². The first-order valence-corrected chi connectivity index (χ1v) is 7.53. The first-order chi connectivity index (χ1) is 9.79. The summed E-state index contributed by atoms with van der Waals surface area (Å²) >= 11 is 4.46. The third kappa shape index (κ3) is 3.82. The number of amides is 1. The summed E-state index contributed by atoms with van der Waals surface area (Å²) < 4.78 is 38.4. The largest absolute Gasteiger partial charge is 0.416 e. The van der Waals surface area contributed by atoms with Gasteiger partial charge in [0.1, 0.15) is 5.01 Å². The zero-order valence-corrected chi connectivity index (χ0v) is 13.1. The highest BCUT2D eigenvalue weighted by Crippen LogP contribution is 2.32. The molecule has 1 amide bonds. The summed E-state index contributed by atoms with van der Waals surface area (Å²) in [7, 11) is 0. The Morgan fingerprint density at radius 2 is 2.14 bits per heavy atom. The molecule has 2 rings (SSSR count). The summed E-state index contributed by atoms with van der Waals surface area (Å²) in [6.07, 6.45) is -2.89. The van der Waals surface area contributed by atoms with Crippen molar-refractivity contribution in [3.05, 3.63) is 50.4 Å². The van der Waals surface area contributed by atoms with E-state index in [9.17, 15) is 18.0 Å². The molecule has 0 fully saturated rings. The summed E-state index contributed by atoms with van der Waals surface area (Å²) in [5, 5.41) is 5.08. The standard InChI is InChI=1S/C13H10BrF3N2OS/c1-7(12-18-4-5-21-12)19-11(20)9-6-8(13(15,16)17)2-3-10(9)14/h2-7H,1H3,(H,19,20). The number of hydrogen-bond donors (Lipinski definition) is 1. The topological polar surface area (TPSA) is 42.0 Å². The number of aromatic nitrogens is 1. The number of nitrogens with one attached hydrogen (secondary N) is 1. The normalized spacial score (nSPS) is 13.0. The van der Waals surface area contributed by atoms with Crippen LogP contribution in [0.15, 0.2) is 34.2 Å². The molecule has 21 heavy (non-hydrogen) atoms. The monoisotopic (exact) mass is 378 g/mol. The molecule has 1 aromatic heterocycles. The molecule has 0 aliphatic heterocycles. The van der Waals surface area contributed by atoms with Crippen molar-refractivity contribution in [1.82, 2.24) is 10.3 Å². The minimum absolute atomic E-state index is 0.0618. The van der Waals surface area contributed by atoms with Gasteiger partial charge in [-0.1, -0.05) is 0 Å². The first-order valence-electron chi connectivity index (χ1n) is 5.86. The molecule has 0 saturated heterocycles. The van der Waals surface area contributed by atoms with E-state index in [4.69, 9.17) is 0 Å². The number of alkyl halides is 3. The summed E-state index contributed by atoms with van der Waals surface area (Å²) in [4.78, 5) is 16.2. The molecule has 8 heteroatoms. The minimum Gasteiger partial charge on any atom is -0.343 e. The average molecular weight is 379 g/mol. The van der Waals surface area contributed by atoms with Gasteiger partial charge in [0.25, 0.3) is 5.91 Å². The van der Waals surface area contributed by atoms with Gasteiger partial charge in [0, 0.05) is 16.0 Å². The maximum atomic E-state index is 12.7. The van der Waals surface area contributed by atoms with Gasteiger partial charge in [-0.25, -0.2) is 4.98 Å². The van der Waals surface area contributed by atoms with Crippen molar-refractivity contribution < 1.29 is 18.0 Å². The molecule has 0 aliphatic carbocycles. The molecule has 3 nitrogen and oxygen atoms in total. The van der Waals surface area contributed by atoms with Crippen molar-refractivity contribution >= 4 is 33.2 Å². The molecular formula is C13H10BrF3N2OS. The van der Waals surface area contributed by atoms with Crippen molar-refractivity contribution in [2.24, 2.45) is 0 Å². The summed E-state index contributed by atoms with van der Waals surface area (Å²) in [6.45, 7) is 1.72. The highest BCUT2D eigenvalue weighted by Gasteiger charge is 2.31. The lowest BCUT2D eigenvalue weighted by Gasteiger charge is -2.14. The van der Waals surface area contributed by atoms with Gasteiger partial charge in [-0.3, -0.25) is 4.79 Å². The second-order valence-corrected chi connectivity index (χ2v) is 6.04. The van der Waals surface area contributed by atoms with Gasteiger partial charge in [-0.05, 0) is 41.1 Å². The molecule has 0 aliphatic rings. The summed E-state index contributed by atoms with van der Waals surface area (Å²) in [5.74, 6) is -0.587. The molecule has 0 spiro atoms. The van der Waals surface area contributed by atoms with E-state index in [0.717, 1.165) is 12.1 Å². The van der Waals surface area contributed by atoms with Crippen LogP contribution in [0.5, 0.6) is 0 Å². The molecule has 1 N–H and O–H groups in total. The summed E-state index contributed by atoms with van der Waals surface area (Å²) in [6, 6.07) is 2.59. The van der Waals surface area contributed by atoms with Crippen LogP contribution in [0.1, 0.15) is 33.9 Å². The molecule has 2 aromatic rings. The quantitative estimate of drug-likeness (QED) is 0.858. The van der Waals surface area contributed by atoms with Crippen LogP contribution in [0, 0.1) is 0 Å². The zero-order valence-electron chi connectivity index (χ0n) is 10.7. The van der Waals surface area contributed by atoms with E-state index in [-0.39, 0.29) is 11.6 Å². The number of halogens is 4. The molecule has 1 aromatic carbocycles. The fourth-order valence-corrected chi connectivity index (χ4v) is 2.73. The molecule has 1 atom stereocenters. The Morgan fingerprint density at radius 3 is 2.71 bits per heavy atom. The lowest BCUT2D eigenvalue weighted by molar-refractivity contribution is -0.137. The Labute approximate surface area is 131 Å². The first kappa shape index (κ1) is 16.0. The lowest BCUT2D eigenvalue weighted by atomic mass is 10.1. The number of carbonyl (C=O) groups excluding carboxylic acids is 1. The minimum atomic E-state index is -4.49.